The molecule has 0 aliphatic rings. The fraction of sp³-hybridized carbons (Fsp3) is 0.222. The maximum absolute atomic E-state index is 12.2. The summed E-state index contributed by atoms with van der Waals surface area (Å²) in [7, 11) is 0. The van der Waals surface area contributed by atoms with Gasteiger partial charge in [0.15, 0.2) is 18.9 Å². The van der Waals surface area contributed by atoms with Crippen molar-refractivity contribution in [3.05, 3.63) is 72.6 Å². The Bertz CT molecular complexity index is 687. The number of hydrogen-bond donors (Lipinski definition) is 2. The number of hydrazine groups is 1. The highest BCUT2D eigenvalue weighted by atomic mass is 19.3. The van der Waals surface area contributed by atoms with Crippen molar-refractivity contribution < 1.29 is 18.1 Å². The van der Waals surface area contributed by atoms with Gasteiger partial charge in [0, 0.05) is 12.1 Å². The number of rotatable bonds is 8. The van der Waals surface area contributed by atoms with Crippen molar-refractivity contribution in [2.24, 2.45) is 0 Å². The van der Waals surface area contributed by atoms with Gasteiger partial charge >= 0.3 is 12.3 Å². The van der Waals surface area contributed by atoms with Crippen LogP contribution in [0.25, 0.3) is 0 Å². The number of nitrogens with one attached hydrogen (secondary N) is 2. The van der Waals surface area contributed by atoms with Crippen LogP contribution in [0.5, 0.6) is 0 Å². The first-order valence-electron chi connectivity index (χ1n) is 7.61. The summed E-state index contributed by atoms with van der Waals surface area (Å²) in [6, 6.07) is 11.4. The molecule has 0 bridgehead atoms. The van der Waals surface area contributed by atoms with E-state index in [2.05, 4.69) is 12.0 Å². The number of benzene rings is 1. The summed E-state index contributed by atoms with van der Waals surface area (Å²) < 4.78 is 26.5. The summed E-state index contributed by atoms with van der Waals surface area (Å²) in [5.41, 5.74) is 7.29. The van der Waals surface area contributed by atoms with Crippen LogP contribution in [0, 0.1) is 0 Å². The minimum absolute atomic E-state index is 0.615. The predicted octanol–water partition coefficient (Wildman–Crippen LogP) is 2.65. The number of halogens is 2. The van der Waals surface area contributed by atoms with Gasteiger partial charge in [-0.05, 0) is 36.1 Å². The van der Waals surface area contributed by atoms with Gasteiger partial charge in [-0.25, -0.2) is 4.57 Å². The third kappa shape index (κ3) is 5.15. The first-order chi connectivity index (χ1) is 11.6. The molecule has 0 spiro atoms. The van der Waals surface area contributed by atoms with E-state index >= 15 is 0 Å². The summed E-state index contributed by atoms with van der Waals surface area (Å²) in [5.74, 6) is -1.35. The van der Waals surface area contributed by atoms with Crippen LogP contribution in [0.3, 0.4) is 0 Å². The minimum Gasteiger partial charge on any atom is -0.298 e. The van der Waals surface area contributed by atoms with Gasteiger partial charge in [0.05, 0.1) is 5.69 Å². The van der Waals surface area contributed by atoms with Gasteiger partial charge < -0.3 is 0 Å². The fourth-order valence-electron chi connectivity index (χ4n) is 2.25. The Labute approximate surface area is 139 Å². The number of nitrogens with zero attached hydrogens (tertiary/aromatic N) is 1. The number of para-hydroxylation sites is 1. The van der Waals surface area contributed by atoms with Crippen LogP contribution >= 0.6 is 0 Å². The van der Waals surface area contributed by atoms with E-state index in [1.165, 1.54) is 5.56 Å². The van der Waals surface area contributed by atoms with Crippen LogP contribution in [0.15, 0.2) is 61.4 Å². The lowest BCUT2D eigenvalue weighted by Crippen LogP contribution is -2.34. The molecule has 0 aliphatic heterocycles. The lowest BCUT2D eigenvalue weighted by Gasteiger charge is -2.12. The SMILES string of the molecule is C=CC[n+]1ccc(CCc2ccccc2NNC(=O)C(F)F)cc1. The summed E-state index contributed by atoms with van der Waals surface area (Å²) in [5, 5.41) is 0. The average molecular weight is 332 g/mol. The quantitative estimate of drug-likeness (QED) is 0.443. The molecular formula is C18H20F2N3O+. The first-order valence-corrected chi connectivity index (χ1v) is 7.61. The molecule has 0 fully saturated rings. The molecule has 1 aromatic heterocycles. The molecule has 2 aromatic rings. The number of alkyl halides is 2. The maximum Gasteiger partial charge on any atom is 0.317 e. The fourth-order valence-corrected chi connectivity index (χ4v) is 2.25. The van der Waals surface area contributed by atoms with Crippen molar-refractivity contribution in [2.75, 3.05) is 5.43 Å². The van der Waals surface area contributed by atoms with Crippen LogP contribution in [0.4, 0.5) is 14.5 Å². The average Bonchev–Trinajstić information content (AvgIpc) is 2.60. The second-order valence-electron chi connectivity index (χ2n) is 5.26. The zero-order chi connectivity index (χ0) is 17.4. The van der Waals surface area contributed by atoms with E-state index in [0.717, 1.165) is 24.9 Å². The molecule has 2 N–H and O–H groups in total. The number of carbonyl (C=O) groups is 1. The van der Waals surface area contributed by atoms with E-state index in [0.29, 0.717) is 5.69 Å². The normalized spacial score (nSPS) is 10.5. The second-order valence-corrected chi connectivity index (χ2v) is 5.26. The van der Waals surface area contributed by atoms with Crippen molar-refractivity contribution in [1.82, 2.24) is 5.43 Å². The highest BCUT2D eigenvalue weighted by Crippen LogP contribution is 2.16. The Morgan fingerprint density at radius 1 is 1.17 bits per heavy atom. The number of aryl methyl sites for hydroxylation is 2. The lowest BCUT2D eigenvalue weighted by atomic mass is 10.0. The van der Waals surface area contributed by atoms with E-state index in [-0.39, 0.29) is 0 Å². The Kier molecular flexibility index (Phi) is 6.42. The van der Waals surface area contributed by atoms with Crippen LogP contribution in [-0.2, 0) is 24.2 Å². The topological polar surface area (TPSA) is 45.0 Å². The van der Waals surface area contributed by atoms with Crippen LogP contribution in [0.1, 0.15) is 11.1 Å². The summed E-state index contributed by atoms with van der Waals surface area (Å²) in [4.78, 5) is 11.0. The first kappa shape index (κ1) is 17.6. The lowest BCUT2D eigenvalue weighted by molar-refractivity contribution is -0.687. The van der Waals surface area contributed by atoms with Crippen LogP contribution in [0.2, 0.25) is 0 Å². The van der Waals surface area contributed by atoms with Gasteiger partial charge in [-0.1, -0.05) is 24.8 Å². The predicted molar refractivity (Wildman–Crippen MR) is 88.5 cm³/mol. The highest BCUT2D eigenvalue weighted by molar-refractivity contribution is 5.80. The summed E-state index contributed by atoms with van der Waals surface area (Å²) in [6.45, 7) is 4.46. The zero-order valence-electron chi connectivity index (χ0n) is 13.2. The third-order valence-corrected chi connectivity index (χ3v) is 3.52. The van der Waals surface area contributed by atoms with Gasteiger partial charge in [-0.15, -0.1) is 0 Å². The number of aromatic nitrogens is 1. The second kappa shape index (κ2) is 8.76. The molecule has 2 rings (SSSR count). The number of allylic oxidation sites excluding steroid dienone is 1. The Morgan fingerprint density at radius 2 is 1.88 bits per heavy atom. The molecular weight excluding hydrogens is 312 g/mol. The molecule has 1 aromatic carbocycles. The van der Waals surface area contributed by atoms with Crippen molar-refractivity contribution >= 4 is 11.6 Å². The number of pyridine rings is 1. The number of amides is 1. The van der Waals surface area contributed by atoms with Crippen LogP contribution in [-0.4, -0.2) is 12.3 Å². The van der Waals surface area contributed by atoms with Gasteiger partial charge in [-0.3, -0.25) is 15.6 Å². The molecule has 0 radical (unpaired) electrons. The summed E-state index contributed by atoms with van der Waals surface area (Å²) in [6.07, 6.45) is 4.29. The van der Waals surface area contributed by atoms with Gasteiger partial charge in [0.2, 0.25) is 0 Å². The maximum atomic E-state index is 12.2. The Balaban J connectivity index is 1.96. The van der Waals surface area contributed by atoms with Gasteiger partial charge in [0.25, 0.3) is 0 Å². The molecule has 1 heterocycles. The van der Waals surface area contributed by atoms with Gasteiger partial charge in [0.1, 0.15) is 0 Å². The molecule has 0 unspecified atom stereocenters. The number of hydrogen-bond acceptors (Lipinski definition) is 2. The highest BCUT2D eigenvalue weighted by Gasteiger charge is 2.14. The van der Waals surface area contributed by atoms with E-state index < -0.39 is 12.3 Å². The smallest absolute Gasteiger partial charge is 0.298 e. The zero-order valence-corrected chi connectivity index (χ0v) is 13.2. The molecule has 4 nitrogen and oxygen atoms in total. The largest absolute Gasteiger partial charge is 0.317 e. The van der Waals surface area contributed by atoms with E-state index in [1.807, 2.05) is 52.7 Å². The van der Waals surface area contributed by atoms with E-state index in [1.54, 1.807) is 12.1 Å². The number of carbonyl (C=O) groups excluding carboxylic acids is 1. The molecule has 0 saturated heterocycles. The molecule has 0 aliphatic carbocycles. The summed E-state index contributed by atoms with van der Waals surface area (Å²) >= 11 is 0. The minimum atomic E-state index is -3.05. The van der Waals surface area contributed by atoms with Crippen molar-refractivity contribution in [2.45, 2.75) is 25.8 Å². The van der Waals surface area contributed by atoms with Crippen molar-refractivity contribution in [1.29, 1.82) is 0 Å². The Morgan fingerprint density at radius 3 is 2.54 bits per heavy atom. The molecule has 126 valence electrons. The molecule has 24 heavy (non-hydrogen) atoms. The monoisotopic (exact) mass is 332 g/mol. The molecule has 0 saturated carbocycles. The van der Waals surface area contributed by atoms with Crippen molar-refractivity contribution in [3.63, 3.8) is 0 Å². The molecule has 1 amide bonds. The van der Waals surface area contributed by atoms with Crippen molar-refractivity contribution in [3.8, 4) is 0 Å². The Hall–Kier alpha value is -2.76. The molecule has 0 atom stereocenters. The standard InChI is InChI=1S/C18H19F2N3O/c1-2-11-23-12-9-14(10-13-23)7-8-15-5-3-4-6-16(15)21-22-18(24)17(19)20/h2-6,9-10,12-13,17,21H,1,7-8,11H2/p+1. The van der Waals surface area contributed by atoms with E-state index in [9.17, 15) is 13.6 Å². The molecule has 6 heteroatoms. The van der Waals surface area contributed by atoms with Gasteiger partial charge in [-0.2, -0.15) is 8.78 Å². The third-order valence-electron chi connectivity index (χ3n) is 3.52. The number of anilines is 1. The van der Waals surface area contributed by atoms with Crippen LogP contribution < -0.4 is 15.4 Å². The van der Waals surface area contributed by atoms with E-state index in [4.69, 9.17) is 0 Å².